The van der Waals surface area contributed by atoms with Crippen LogP contribution >= 0.6 is 27.3 Å². The Bertz CT molecular complexity index is 1120. The molecular weight excluding hydrogens is 522 g/mol. The molecular formula is C23H26BrN5O4S. The Morgan fingerprint density at radius 1 is 1.03 bits per heavy atom. The Morgan fingerprint density at radius 3 is 2.26 bits per heavy atom. The normalized spacial score (nSPS) is 12.4. The van der Waals surface area contributed by atoms with Crippen LogP contribution in [-0.2, 0) is 4.79 Å². The average Bonchev–Trinajstić information content (AvgIpc) is 3.30. The molecule has 3 rings (SSSR count). The number of hydrogen-bond acceptors (Lipinski definition) is 7. The summed E-state index contributed by atoms with van der Waals surface area (Å²) >= 11 is 4.67. The first-order valence-electron chi connectivity index (χ1n) is 10.5. The third-order valence-electron chi connectivity index (χ3n) is 5.14. The van der Waals surface area contributed by atoms with E-state index in [9.17, 15) is 9.59 Å². The van der Waals surface area contributed by atoms with Crippen LogP contribution in [0.15, 0.2) is 46.9 Å². The number of nitrogens with one attached hydrogen (secondary N) is 3. The van der Waals surface area contributed by atoms with Gasteiger partial charge in [-0.2, -0.15) is 0 Å². The number of ether oxygens (including phenoxy) is 2. The number of urea groups is 1. The SMILES string of the molecule is CC[C@@H](C)[C@@H](NC(=O)Nc1cc(OC)cc(OC)c1)C(=O)Nc1nnc(-c2ccc(Br)cc2)s1. The number of carbonyl (C=O) groups is 2. The third-order valence-corrected chi connectivity index (χ3v) is 6.55. The van der Waals surface area contributed by atoms with Gasteiger partial charge in [-0.25, -0.2) is 4.79 Å². The van der Waals surface area contributed by atoms with Crippen molar-refractivity contribution in [3.8, 4) is 22.1 Å². The Balaban J connectivity index is 1.69. The minimum absolute atomic E-state index is 0.121. The molecule has 9 nitrogen and oxygen atoms in total. The number of rotatable bonds is 9. The second-order valence-corrected chi connectivity index (χ2v) is 9.36. The highest BCUT2D eigenvalue weighted by Gasteiger charge is 2.27. The predicted octanol–water partition coefficient (Wildman–Crippen LogP) is 5.16. The highest BCUT2D eigenvalue weighted by atomic mass is 79.9. The van der Waals surface area contributed by atoms with Gasteiger partial charge in [0.2, 0.25) is 11.0 Å². The van der Waals surface area contributed by atoms with Gasteiger partial charge in [0.15, 0.2) is 0 Å². The summed E-state index contributed by atoms with van der Waals surface area (Å²) in [6.45, 7) is 3.85. The maximum atomic E-state index is 13.0. The van der Waals surface area contributed by atoms with E-state index in [0.717, 1.165) is 10.0 Å². The number of carbonyl (C=O) groups excluding carboxylic acids is 2. The fourth-order valence-electron chi connectivity index (χ4n) is 3.06. The lowest BCUT2D eigenvalue weighted by Gasteiger charge is -2.23. The van der Waals surface area contributed by atoms with E-state index in [0.29, 0.717) is 33.7 Å². The van der Waals surface area contributed by atoms with Crippen LogP contribution in [0.25, 0.3) is 10.6 Å². The minimum atomic E-state index is -0.780. The van der Waals surface area contributed by atoms with Crippen molar-refractivity contribution >= 4 is 50.0 Å². The molecule has 1 heterocycles. The summed E-state index contributed by atoms with van der Waals surface area (Å²) in [5.74, 6) is 0.572. The van der Waals surface area contributed by atoms with Crippen molar-refractivity contribution < 1.29 is 19.1 Å². The Kier molecular flexibility index (Phi) is 8.83. The van der Waals surface area contributed by atoms with E-state index in [-0.39, 0.29) is 11.8 Å². The van der Waals surface area contributed by atoms with Gasteiger partial charge in [0.1, 0.15) is 22.5 Å². The van der Waals surface area contributed by atoms with Gasteiger partial charge < -0.3 is 20.1 Å². The Labute approximate surface area is 210 Å². The van der Waals surface area contributed by atoms with Crippen molar-refractivity contribution in [3.63, 3.8) is 0 Å². The zero-order chi connectivity index (χ0) is 24.7. The maximum absolute atomic E-state index is 13.0. The van der Waals surface area contributed by atoms with E-state index in [4.69, 9.17) is 9.47 Å². The van der Waals surface area contributed by atoms with Crippen molar-refractivity contribution in [2.24, 2.45) is 5.92 Å². The van der Waals surface area contributed by atoms with Gasteiger partial charge in [-0.3, -0.25) is 10.1 Å². The fourth-order valence-corrected chi connectivity index (χ4v) is 4.07. The van der Waals surface area contributed by atoms with Crippen molar-refractivity contribution in [3.05, 3.63) is 46.9 Å². The monoisotopic (exact) mass is 547 g/mol. The van der Waals surface area contributed by atoms with Crippen LogP contribution in [0.3, 0.4) is 0 Å². The second-order valence-electron chi connectivity index (χ2n) is 7.47. The van der Waals surface area contributed by atoms with E-state index in [1.165, 1.54) is 25.6 Å². The maximum Gasteiger partial charge on any atom is 0.319 e. The summed E-state index contributed by atoms with van der Waals surface area (Å²) in [7, 11) is 3.05. The first-order chi connectivity index (χ1) is 16.3. The standard InChI is InChI=1S/C23H26BrN5O4S/c1-5-13(2)19(26-22(31)25-16-10-17(32-3)12-18(11-16)33-4)20(30)27-23-29-28-21(34-23)14-6-8-15(24)9-7-14/h6-13,19H,5H2,1-4H3,(H2,25,26,31)(H,27,29,30)/t13-,19-/m1/s1. The minimum Gasteiger partial charge on any atom is -0.497 e. The number of nitrogens with zero attached hydrogens (tertiary/aromatic N) is 2. The summed E-state index contributed by atoms with van der Waals surface area (Å²) in [5.41, 5.74) is 1.37. The summed E-state index contributed by atoms with van der Waals surface area (Å²) in [6.07, 6.45) is 0.686. The van der Waals surface area contributed by atoms with Gasteiger partial charge in [0, 0.05) is 33.9 Å². The highest BCUT2D eigenvalue weighted by Crippen LogP contribution is 2.28. The van der Waals surface area contributed by atoms with Crippen LogP contribution in [0.1, 0.15) is 20.3 Å². The van der Waals surface area contributed by atoms with Crippen molar-refractivity contribution in [1.29, 1.82) is 0 Å². The number of methoxy groups -OCH3 is 2. The molecule has 3 amide bonds. The number of anilines is 2. The van der Waals surface area contributed by atoms with Crippen molar-refractivity contribution in [2.75, 3.05) is 24.9 Å². The molecule has 0 saturated heterocycles. The van der Waals surface area contributed by atoms with E-state index >= 15 is 0 Å². The van der Waals surface area contributed by atoms with Crippen LogP contribution in [0.5, 0.6) is 11.5 Å². The molecule has 0 aliphatic heterocycles. The van der Waals surface area contributed by atoms with Gasteiger partial charge in [-0.1, -0.05) is 59.7 Å². The second kappa shape index (κ2) is 11.8. The molecule has 0 saturated carbocycles. The predicted molar refractivity (Wildman–Crippen MR) is 137 cm³/mol. The number of aromatic nitrogens is 2. The first-order valence-corrected chi connectivity index (χ1v) is 12.1. The zero-order valence-corrected chi connectivity index (χ0v) is 21.6. The van der Waals surface area contributed by atoms with Gasteiger partial charge in [0.05, 0.1) is 14.2 Å². The summed E-state index contributed by atoms with van der Waals surface area (Å²) in [5, 5.41) is 17.5. The lowest BCUT2D eigenvalue weighted by molar-refractivity contribution is -0.119. The van der Waals surface area contributed by atoms with Gasteiger partial charge in [0.25, 0.3) is 0 Å². The summed E-state index contributed by atoms with van der Waals surface area (Å²) in [4.78, 5) is 25.7. The number of amides is 3. The van der Waals surface area contributed by atoms with E-state index in [1.54, 1.807) is 18.2 Å². The van der Waals surface area contributed by atoms with E-state index in [2.05, 4.69) is 42.1 Å². The molecule has 0 aliphatic carbocycles. The molecule has 0 aliphatic rings. The molecule has 180 valence electrons. The molecule has 0 radical (unpaired) electrons. The van der Waals surface area contributed by atoms with Crippen LogP contribution < -0.4 is 25.4 Å². The Hall–Kier alpha value is -3.18. The molecule has 0 unspecified atom stereocenters. The molecule has 3 aromatic rings. The van der Waals surface area contributed by atoms with Crippen LogP contribution in [-0.4, -0.2) is 42.4 Å². The molecule has 0 fully saturated rings. The van der Waals surface area contributed by atoms with Crippen molar-refractivity contribution in [1.82, 2.24) is 15.5 Å². The van der Waals surface area contributed by atoms with Crippen LogP contribution in [0, 0.1) is 5.92 Å². The summed E-state index contributed by atoms with van der Waals surface area (Å²) < 4.78 is 11.4. The quantitative estimate of drug-likeness (QED) is 0.341. The lowest BCUT2D eigenvalue weighted by atomic mass is 9.98. The zero-order valence-electron chi connectivity index (χ0n) is 19.2. The smallest absolute Gasteiger partial charge is 0.319 e. The van der Waals surface area contributed by atoms with Gasteiger partial charge in [-0.15, -0.1) is 10.2 Å². The molecule has 0 spiro atoms. The molecule has 11 heteroatoms. The molecule has 1 aromatic heterocycles. The van der Waals surface area contributed by atoms with Crippen LogP contribution in [0.4, 0.5) is 15.6 Å². The molecule has 2 atom stereocenters. The van der Waals surface area contributed by atoms with E-state index < -0.39 is 12.1 Å². The van der Waals surface area contributed by atoms with E-state index in [1.807, 2.05) is 38.1 Å². The molecule has 2 aromatic carbocycles. The highest BCUT2D eigenvalue weighted by molar-refractivity contribution is 9.10. The summed E-state index contributed by atoms with van der Waals surface area (Å²) in [6, 6.07) is 11.4. The average molecular weight is 548 g/mol. The van der Waals surface area contributed by atoms with Crippen LogP contribution in [0.2, 0.25) is 0 Å². The lowest BCUT2D eigenvalue weighted by Crippen LogP contribution is -2.49. The number of benzene rings is 2. The number of halogens is 1. The van der Waals surface area contributed by atoms with Gasteiger partial charge in [-0.05, 0) is 18.1 Å². The number of hydrogen-bond donors (Lipinski definition) is 3. The molecule has 3 N–H and O–H groups in total. The van der Waals surface area contributed by atoms with Gasteiger partial charge >= 0.3 is 6.03 Å². The molecule has 0 bridgehead atoms. The first kappa shape index (κ1) is 25.4. The fraction of sp³-hybridized carbons (Fsp3) is 0.304. The topological polar surface area (TPSA) is 114 Å². The third kappa shape index (κ3) is 6.67. The largest absolute Gasteiger partial charge is 0.497 e. The Morgan fingerprint density at radius 2 is 1.68 bits per heavy atom. The molecule has 34 heavy (non-hydrogen) atoms. The van der Waals surface area contributed by atoms with Crippen molar-refractivity contribution in [2.45, 2.75) is 26.3 Å².